The van der Waals surface area contributed by atoms with Crippen molar-refractivity contribution in [3.8, 4) is 0 Å². The normalized spacial score (nSPS) is 10.8. The molecule has 0 spiro atoms. The first kappa shape index (κ1) is 19.0. The van der Waals surface area contributed by atoms with Crippen molar-refractivity contribution < 1.29 is 0 Å². The third kappa shape index (κ3) is 4.70. The Bertz CT molecular complexity index is 858. The first-order valence-corrected chi connectivity index (χ1v) is 10.1. The molecule has 0 aliphatic carbocycles. The Labute approximate surface area is 168 Å². The highest BCUT2D eigenvalue weighted by Crippen LogP contribution is 2.31. The van der Waals surface area contributed by atoms with Gasteiger partial charge >= 0.3 is 0 Å². The lowest BCUT2D eigenvalue weighted by Crippen LogP contribution is -2.05. The van der Waals surface area contributed by atoms with Gasteiger partial charge in [-0.1, -0.05) is 77.4 Å². The van der Waals surface area contributed by atoms with E-state index in [2.05, 4.69) is 45.6 Å². The molecule has 0 radical (unpaired) electrons. The number of hydrogen-bond acceptors (Lipinski definition) is 3. The van der Waals surface area contributed by atoms with Gasteiger partial charge in [0.25, 0.3) is 0 Å². The molecule has 0 saturated carbocycles. The van der Waals surface area contributed by atoms with Crippen LogP contribution in [0.3, 0.4) is 0 Å². The van der Waals surface area contributed by atoms with Crippen LogP contribution in [0.25, 0.3) is 0 Å². The zero-order valence-corrected chi connectivity index (χ0v) is 16.6. The lowest BCUT2D eigenvalue weighted by Gasteiger charge is -2.09. The van der Waals surface area contributed by atoms with Crippen LogP contribution in [0.4, 0.5) is 0 Å². The van der Waals surface area contributed by atoms with E-state index in [1.807, 2.05) is 30.3 Å². The third-order valence-corrected chi connectivity index (χ3v) is 5.69. The number of allylic oxidation sites excluding steroid dienone is 1. The summed E-state index contributed by atoms with van der Waals surface area (Å²) in [6.07, 6.45) is 3.62. The minimum atomic E-state index is 0.645. The first-order chi connectivity index (χ1) is 12.7. The quantitative estimate of drug-likeness (QED) is 0.349. The van der Waals surface area contributed by atoms with Gasteiger partial charge in [0.1, 0.15) is 5.82 Å². The largest absolute Gasteiger partial charge is 0.302 e. The van der Waals surface area contributed by atoms with Crippen LogP contribution in [0.1, 0.15) is 17.0 Å². The van der Waals surface area contributed by atoms with Gasteiger partial charge in [0.05, 0.1) is 0 Å². The van der Waals surface area contributed by atoms with E-state index in [1.54, 1.807) is 11.8 Å². The Morgan fingerprint density at radius 1 is 0.962 bits per heavy atom. The van der Waals surface area contributed by atoms with Crippen molar-refractivity contribution in [2.45, 2.75) is 30.3 Å². The smallest absolute Gasteiger partial charge is 0.191 e. The highest BCUT2D eigenvalue weighted by atomic mass is 35.5. The predicted octanol–water partition coefficient (Wildman–Crippen LogP) is 5.85. The Morgan fingerprint density at radius 3 is 2.38 bits per heavy atom. The monoisotopic (exact) mass is 403 g/mol. The molecule has 0 amide bonds. The van der Waals surface area contributed by atoms with Gasteiger partial charge in [0.2, 0.25) is 0 Å². The number of benzene rings is 2. The van der Waals surface area contributed by atoms with Crippen LogP contribution in [0, 0.1) is 0 Å². The highest BCUT2D eigenvalue weighted by molar-refractivity contribution is 7.98. The molecule has 0 N–H and O–H groups in total. The van der Waals surface area contributed by atoms with Gasteiger partial charge in [-0.2, -0.15) is 0 Å². The second-order valence-electron chi connectivity index (χ2n) is 5.77. The van der Waals surface area contributed by atoms with Crippen molar-refractivity contribution in [2.75, 3.05) is 0 Å². The van der Waals surface area contributed by atoms with Gasteiger partial charge in [-0.15, -0.1) is 16.8 Å². The molecule has 1 aromatic heterocycles. The molecule has 1 heterocycles. The van der Waals surface area contributed by atoms with Crippen molar-refractivity contribution >= 4 is 35.0 Å². The maximum atomic E-state index is 6.26. The molecule has 0 aliphatic heterocycles. The maximum Gasteiger partial charge on any atom is 0.191 e. The zero-order valence-electron chi connectivity index (χ0n) is 14.2. The van der Waals surface area contributed by atoms with Crippen molar-refractivity contribution in [2.24, 2.45) is 0 Å². The summed E-state index contributed by atoms with van der Waals surface area (Å²) in [5, 5.41) is 10.9. The van der Waals surface area contributed by atoms with Crippen LogP contribution in [-0.4, -0.2) is 14.8 Å². The Hall–Kier alpha value is -1.75. The van der Waals surface area contributed by atoms with Gasteiger partial charge in [-0.25, -0.2) is 0 Å². The van der Waals surface area contributed by atoms with E-state index in [0.29, 0.717) is 22.3 Å². The predicted molar refractivity (Wildman–Crippen MR) is 110 cm³/mol. The van der Waals surface area contributed by atoms with Gasteiger partial charge < -0.3 is 4.57 Å². The minimum absolute atomic E-state index is 0.645. The second-order valence-corrected chi connectivity index (χ2v) is 7.53. The van der Waals surface area contributed by atoms with Crippen LogP contribution in [0.15, 0.2) is 66.3 Å². The SMILES string of the molecule is C=CCn1c(CCc2ccccc2)nnc1SCc1c(Cl)cccc1Cl. The summed E-state index contributed by atoms with van der Waals surface area (Å²) in [7, 11) is 0. The molecule has 6 heteroatoms. The van der Waals surface area contributed by atoms with Gasteiger partial charge in [-0.05, 0) is 29.7 Å². The molecular formula is C20H19Cl2N3S. The number of thioether (sulfide) groups is 1. The topological polar surface area (TPSA) is 30.7 Å². The molecule has 3 aromatic rings. The van der Waals surface area contributed by atoms with Crippen LogP contribution >= 0.6 is 35.0 Å². The fourth-order valence-electron chi connectivity index (χ4n) is 2.63. The van der Waals surface area contributed by atoms with E-state index in [0.717, 1.165) is 29.4 Å². The molecule has 2 aromatic carbocycles. The molecule has 0 fully saturated rings. The molecule has 134 valence electrons. The van der Waals surface area contributed by atoms with E-state index in [-0.39, 0.29) is 0 Å². The number of aryl methyl sites for hydroxylation is 2. The average Bonchev–Trinajstić information content (AvgIpc) is 3.03. The van der Waals surface area contributed by atoms with Crippen LogP contribution in [0.5, 0.6) is 0 Å². The summed E-state index contributed by atoms with van der Waals surface area (Å²) >= 11 is 14.1. The zero-order chi connectivity index (χ0) is 18.4. The summed E-state index contributed by atoms with van der Waals surface area (Å²) in [4.78, 5) is 0. The van der Waals surface area contributed by atoms with Crippen LogP contribution < -0.4 is 0 Å². The van der Waals surface area contributed by atoms with E-state index >= 15 is 0 Å². The maximum absolute atomic E-state index is 6.26. The number of rotatable bonds is 8. The average molecular weight is 404 g/mol. The van der Waals surface area contributed by atoms with E-state index in [1.165, 1.54) is 5.56 Å². The summed E-state index contributed by atoms with van der Waals surface area (Å²) in [6.45, 7) is 4.53. The second kappa shape index (κ2) is 9.26. The molecule has 3 rings (SSSR count). The molecule has 0 unspecified atom stereocenters. The number of nitrogens with zero attached hydrogens (tertiary/aromatic N) is 3. The first-order valence-electron chi connectivity index (χ1n) is 8.31. The van der Waals surface area contributed by atoms with Crippen LogP contribution in [-0.2, 0) is 25.1 Å². The molecule has 0 aliphatic rings. The van der Waals surface area contributed by atoms with Gasteiger partial charge in [0, 0.05) is 28.8 Å². The van der Waals surface area contributed by atoms with Gasteiger partial charge in [-0.3, -0.25) is 0 Å². The third-order valence-electron chi connectivity index (χ3n) is 3.99. The molecule has 0 atom stereocenters. The number of halogens is 2. The summed E-state index contributed by atoms with van der Waals surface area (Å²) in [5.41, 5.74) is 2.21. The molecule has 0 bridgehead atoms. The lowest BCUT2D eigenvalue weighted by atomic mass is 10.1. The van der Waals surface area contributed by atoms with Crippen molar-refractivity contribution in [1.29, 1.82) is 0 Å². The molecular weight excluding hydrogens is 385 g/mol. The summed E-state index contributed by atoms with van der Waals surface area (Å²) in [6, 6.07) is 15.9. The number of hydrogen-bond donors (Lipinski definition) is 0. The van der Waals surface area contributed by atoms with Gasteiger partial charge in [0.15, 0.2) is 5.16 Å². The van der Waals surface area contributed by atoms with Crippen molar-refractivity contribution in [3.05, 3.63) is 88.2 Å². The summed E-state index contributed by atoms with van der Waals surface area (Å²) in [5.74, 6) is 1.61. The number of aromatic nitrogens is 3. The fourth-order valence-corrected chi connectivity index (χ4v) is 4.34. The fraction of sp³-hybridized carbons (Fsp3) is 0.200. The summed E-state index contributed by atoms with van der Waals surface area (Å²) < 4.78 is 2.10. The standard InChI is InChI=1S/C20H19Cl2N3S/c1-2-13-25-19(12-11-15-7-4-3-5-8-15)23-24-20(25)26-14-16-17(21)9-6-10-18(16)22/h2-10H,1,11-14H2. The Balaban J connectivity index is 1.73. The molecule has 26 heavy (non-hydrogen) atoms. The van der Waals surface area contributed by atoms with E-state index in [4.69, 9.17) is 23.2 Å². The minimum Gasteiger partial charge on any atom is -0.302 e. The van der Waals surface area contributed by atoms with Crippen molar-refractivity contribution in [1.82, 2.24) is 14.8 Å². The Kier molecular flexibility index (Phi) is 6.78. The van der Waals surface area contributed by atoms with Crippen molar-refractivity contribution in [3.63, 3.8) is 0 Å². The lowest BCUT2D eigenvalue weighted by molar-refractivity contribution is 0.673. The highest BCUT2D eigenvalue weighted by Gasteiger charge is 2.14. The van der Waals surface area contributed by atoms with E-state index in [9.17, 15) is 0 Å². The Morgan fingerprint density at radius 2 is 1.69 bits per heavy atom. The molecule has 0 saturated heterocycles. The van der Waals surface area contributed by atoms with E-state index < -0.39 is 0 Å². The molecule has 3 nitrogen and oxygen atoms in total. The van der Waals surface area contributed by atoms with Crippen LogP contribution in [0.2, 0.25) is 10.0 Å².